The molecule has 0 saturated carbocycles. The number of fused-ring (bicyclic) bond motifs is 1. The molecular formula is C20H17F4N3O2. The summed E-state index contributed by atoms with van der Waals surface area (Å²) in [6, 6.07) is 4.82. The normalized spacial score (nSPS) is 18.4. The molecule has 1 unspecified atom stereocenters. The highest BCUT2D eigenvalue weighted by molar-refractivity contribution is 5.97. The number of alkyl halides is 2. The van der Waals surface area contributed by atoms with E-state index in [2.05, 4.69) is 5.10 Å². The molecule has 0 bridgehead atoms. The maximum atomic E-state index is 14.3. The van der Waals surface area contributed by atoms with Gasteiger partial charge in [-0.15, -0.1) is 0 Å². The fourth-order valence-electron chi connectivity index (χ4n) is 3.65. The van der Waals surface area contributed by atoms with E-state index >= 15 is 0 Å². The van der Waals surface area contributed by atoms with Crippen LogP contribution in [0.3, 0.4) is 0 Å². The van der Waals surface area contributed by atoms with Gasteiger partial charge in [-0.2, -0.15) is 5.10 Å². The van der Waals surface area contributed by atoms with Crippen LogP contribution in [-0.4, -0.2) is 34.7 Å². The van der Waals surface area contributed by atoms with Gasteiger partial charge in [-0.05, 0) is 37.3 Å². The first kappa shape index (κ1) is 19.2. The van der Waals surface area contributed by atoms with E-state index in [0.717, 1.165) is 18.2 Å². The molecule has 2 aromatic heterocycles. The molecular weight excluding hydrogens is 390 g/mol. The van der Waals surface area contributed by atoms with Crippen molar-refractivity contribution in [3.05, 3.63) is 65.5 Å². The number of hydrogen-bond donors (Lipinski definition) is 0. The molecule has 1 aromatic carbocycles. The molecule has 4 rings (SSSR count). The summed E-state index contributed by atoms with van der Waals surface area (Å²) in [6.45, 7) is 1.18. The molecule has 9 heteroatoms. The minimum atomic E-state index is -3.08. The van der Waals surface area contributed by atoms with Crippen LogP contribution in [0.4, 0.5) is 23.2 Å². The number of hydrogen-bond acceptors (Lipinski definition) is 4. The van der Waals surface area contributed by atoms with Gasteiger partial charge >= 0.3 is 5.97 Å². The zero-order valence-corrected chi connectivity index (χ0v) is 15.4. The quantitative estimate of drug-likeness (QED) is 0.476. The summed E-state index contributed by atoms with van der Waals surface area (Å²) >= 11 is 0. The van der Waals surface area contributed by atoms with Crippen molar-refractivity contribution in [1.82, 2.24) is 9.61 Å². The lowest BCUT2D eigenvalue weighted by Crippen LogP contribution is -2.27. The Morgan fingerprint density at radius 1 is 1.28 bits per heavy atom. The number of pyridine rings is 1. The molecule has 0 amide bonds. The van der Waals surface area contributed by atoms with Gasteiger partial charge in [0.25, 0.3) is 5.92 Å². The highest BCUT2D eigenvalue weighted by Crippen LogP contribution is 2.44. The Morgan fingerprint density at radius 2 is 2.07 bits per heavy atom. The van der Waals surface area contributed by atoms with Crippen LogP contribution in [0.2, 0.25) is 0 Å². The van der Waals surface area contributed by atoms with E-state index < -0.39 is 42.5 Å². The van der Waals surface area contributed by atoms with Crippen molar-refractivity contribution < 1.29 is 27.1 Å². The van der Waals surface area contributed by atoms with Crippen LogP contribution < -0.4 is 4.90 Å². The molecule has 0 radical (unpaired) electrons. The van der Waals surface area contributed by atoms with E-state index in [4.69, 9.17) is 4.74 Å². The summed E-state index contributed by atoms with van der Waals surface area (Å²) in [6.07, 6.45) is 2.20. The SMILES string of the molecule is CCOC(=O)c1cnn2ccc(N3CC(F)(F)CC3c3cc(F)ccc3F)cc12. The third-order valence-corrected chi connectivity index (χ3v) is 4.92. The van der Waals surface area contributed by atoms with Crippen LogP contribution in [-0.2, 0) is 4.74 Å². The topological polar surface area (TPSA) is 46.8 Å². The van der Waals surface area contributed by atoms with E-state index in [1.807, 2.05) is 0 Å². The van der Waals surface area contributed by atoms with Crippen LogP contribution in [0.25, 0.3) is 5.52 Å². The maximum Gasteiger partial charge on any atom is 0.341 e. The van der Waals surface area contributed by atoms with Gasteiger partial charge in [0.2, 0.25) is 0 Å². The minimum absolute atomic E-state index is 0.138. The van der Waals surface area contributed by atoms with E-state index in [1.165, 1.54) is 27.9 Å². The zero-order chi connectivity index (χ0) is 20.8. The molecule has 5 nitrogen and oxygen atoms in total. The van der Waals surface area contributed by atoms with Crippen LogP contribution >= 0.6 is 0 Å². The standard InChI is InChI=1S/C20H17F4N3O2/c1-2-29-19(28)15-10-25-27-6-5-13(8-17(15)27)26-11-20(23,24)9-18(26)14-7-12(21)3-4-16(14)22/h3-8,10,18H,2,9,11H2,1H3. The maximum absolute atomic E-state index is 14.3. The Morgan fingerprint density at radius 3 is 2.83 bits per heavy atom. The highest BCUT2D eigenvalue weighted by atomic mass is 19.3. The summed E-state index contributed by atoms with van der Waals surface area (Å²) in [5, 5.41) is 4.06. The van der Waals surface area contributed by atoms with Crippen molar-refractivity contribution in [3.8, 4) is 0 Å². The number of anilines is 1. The second-order valence-corrected chi connectivity index (χ2v) is 6.86. The predicted molar refractivity (Wildman–Crippen MR) is 97.2 cm³/mol. The molecule has 1 aliphatic heterocycles. The van der Waals surface area contributed by atoms with Crippen molar-refractivity contribution in [2.24, 2.45) is 0 Å². The smallest absolute Gasteiger partial charge is 0.341 e. The van der Waals surface area contributed by atoms with Crippen LogP contribution in [0.1, 0.15) is 35.3 Å². The average molecular weight is 407 g/mol. The molecule has 0 spiro atoms. The third kappa shape index (κ3) is 3.52. The highest BCUT2D eigenvalue weighted by Gasteiger charge is 2.46. The predicted octanol–water partition coefficient (Wildman–Crippen LogP) is 4.38. The van der Waals surface area contributed by atoms with Gasteiger partial charge in [0.05, 0.1) is 30.9 Å². The molecule has 0 N–H and O–H groups in total. The van der Waals surface area contributed by atoms with Crippen LogP contribution in [0.15, 0.2) is 42.7 Å². The van der Waals surface area contributed by atoms with Gasteiger partial charge in [0.15, 0.2) is 0 Å². The Hall–Kier alpha value is -3.10. The summed E-state index contributed by atoms with van der Waals surface area (Å²) in [5.41, 5.74) is 0.762. The lowest BCUT2D eigenvalue weighted by Gasteiger charge is -2.27. The van der Waals surface area contributed by atoms with E-state index in [1.54, 1.807) is 13.0 Å². The van der Waals surface area contributed by atoms with E-state index in [-0.39, 0.29) is 17.7 Å². The fraction of sp³-hybridized carbons (Fsp3) is 0.300. The summed E-state index contributed by atoms with van der Waals surface area (Å²) < 4.78 is 62.9. The summed E-state index contributed by atoms with van der Waals surface area (Å²) in [7, 11) is 0. The largest absolute Gasteiger partial charge is 0.462 e. The van der Waals surface area contributed by atoms with Crippen molar-refractivity contribution in [3.63, 3.8) is 0 Å². The van der Waals surface area contributed by atoms with Gasteiger partial charge in [-0.3, -0.25) is 0 Å². The van der Waals surface area contributed by atoms with Gasteiger partial charge in [-0.25, -0.2) is 26.9 Å². The molecule has 3 aromatic rings. The van der Waals surface area contributed by atoms with Gasteiger partial charge in [0, 0.05) is 23.9 Å². The minimum Gasteiger partial charge on any atom is -0.462 e. The number of benzene rings is 1. The number of rotatable bonds is 4. The fourth-order valence-corrected chi connectivity index (χ4v) is 3.65. The Labute approximate surface area is 163 Å². The number of esters is 1. The van der Waals surface area contributed by atoms with Crippen LogP contribution in [0.5, 0.6) is 0 Å². The van der Waals surface area contributed by atoms with Gasteiger partial charge in [0.1, 0.15) is 17.2 Å². The summed E-state index contributed by atoms with van der Waals surface area (Å²) in [5.74, 6) is -5.12. The van der Waals surface area contributed by atoms with Crippen molar-refractivity contribution >= 4 is 17.2 Å². The number of carbonyl (C=O) groups is 1. The molecule has 0 aliphatic carbocycles. The van der Waals surface area contributed by atoms with Crippen LogP contribution in [0, 0.1) is 11.6 Å². The number of ether oxygens (including phenoxy) is 1. The molecule has 1 atom stereocenters. The lowest BCUT2D eigenvalue weighted by atomic mass is 10.0. The summed E-state index contributed by atoms with van der Waals surface area (Å²) in [4.78, 5) is 13.4. The Bertz CT molecular complexity index is 1080. The first-order chi connectivity index (χ1) is 13.8. The van der Waals surface area contributed by atoms with Crippen molar-refractivity contribution in [2.45, 2.75) is 25.3 Å². The number of nitrogens with zero attached hydrogens (tertiary/aromatic N) is 3. The Kier molecular flexibility index (Phi) is 4.68. The second kappa shape index (κ2) is 7.06. The molecule has 1 saturated heterocycles. The number of carbonyl (C=O) groups excluding carboxylic acids is 1. The molecule has 1 fully saturated rings. The monoisotopic (exact) mass is 407 g/mol. The molecule has 1 aliphatic rings. The Balaban J connectivity index is 1.79. The second-order valence-electron chi connectivity index (χ2n) is 6.86. The van der Waals surface area contributed by atoms with Gasteiger partial charge in [-0.1, -0.05) is 0 Å². The van der Waals surface area contributed by atoms with E-state index in [9.17, 15) is 22.4 Å². The zero-order valence-electron chi connectivity index (χ0n) is 15.4. The molecule has 3 heterocycles. The first-order valence-electron chi connectivity index (χ1n) is 9.03. The van der Waals surface area contributed by atoms with Crippen molar-refractivity contribution in [1.29, 1.82) is 0 Å². The average Bonchev–Trinajstić information content (AvgIpc) is 3.23. The molecule has 152 valence electrons. The number of halogens is 4. The third-order valence-electron chi connectivity index (χ3n) is 4.92. The van der Waals surface area contributed by atoms with E-state index in [0.29, 0.717) is 11.2 Å². The van der Waals surface area contributed by atoms with Crippen molar-refractivity contribution in [2.75, 3.05) is 18.1 Å². The lowest BCUT2D eigenvalue weighted by molar-refractivity contribution is 0.0222. The molecule has 29 heavy (non-hydrogen) atoms. The van der Waals surface area contributed by atoms with Gasteiger partial charge < -0.3 is 9.64 Å². The number of aromatic nitrogens is 2. The first-order valence-corrected chi connectivity index (χ1v) is 9.03.